The van der Waals surface area contributed by atoms with E-state index in [-0.39, 0.29) is 36.0 Å². The first-order valence-electron chi connectivity index (χ1n) is 10.3. The van der Waals surface area contributed by atoms with Crippen molar-refractivity contribution in [2.75, 3.05) is 25.0 Å². The molecule has 0 radical (unpaired) electrons. The van der Waals surface area contributed by atoms with Gasteiger partial charge in [-0.15, -0.1) is 0 Å². The summed E-state index contributed by atoms with van der Waals surface area (Å²) in [5.74, 6) is -0.0266. The number of anilines is 1. The first-order chi connectivity index (χ1) is 13.4. The summed E-state index contributed by atoms with van der Waals surface area (Å²) in [7, 11) is 0. The maximum atomic E-state index is 12.5. The third-order valence-corrected chi connectivity index (χ3v) is 5.87. The first-order valence-corrected chi connectivity index (χ1v) is 10.3. The fourth-order valence-corrected chi connectivity index (χ4v) is 4.44. The highest BCUT2D eigenvalue weighted by molar-refractivity contribution is 5.91. The molecule has 1 aromatic heterocycles. The second-order valence-corrected chi connectivity index (χ2v) is 8.47. The first kappa shape index (κ1) is 20.8. The van der Waals surface area contributed by atoms with Crippen molar-refractivity contribution in [2.45, 2.75) is 71.1 Å². The highest BCUT2D eigenvalue weighted by Gasteiger charge is 2.33. The van der Waals surface area contributed by atoms with E-state index >= 15 is 0 Å². The zero-order valence-electron chi connectivity index (χ0n) is 17.0. The van der Waals surface area contributed by atoms with E-state index in [1.165, 1.54) is 6.42 Å². The summed E-state index contributed by atoms with van der Waals surface area (Å²) in [6, 6.07) is 0. The van der Waals surface area contributed by atoms with Crippen molar-refractivity contribution in [3.63, 3.8) is 0 Å². The second kappa shape index (κ2) is 9.05. The van der Waals surface area contributed by atoms with Crippen LogP contribution < -0.4 is 11.1 Å². The molecule has 156 valence electrons. The van der Waals surface area contributed by atoms with Gasteiger partial charge in [0.05, 0.1) is 24.1 Å². The maximum absolute atomic E-state index is 12.5. The van der Waals surface area contributed by atoms with E-state index < -0.39 is 0 Å². The smallest absolute Gasteiger partial charge is 0.244 e. The molecule has 1 aliphatic carbocycles. The lowest BCUT2D eigenvalue weighted by molar-refractivity contribution is -0.144. The van der Waals surface area contributed by atoms with Crippen molar-refractivity contribution < 1.29 is 14.3 Å². The van der Waals surface area contributed by atoms with Crippen LogP contribution in [0.25, 0.3) is 0 Å². The van der Waals surface area contributed by atoms with Gasteiger partial charge in [-0.2, -0.15) is 5.10 Å². The SMILES string of the molecule is CC1CN(C(=O)Cn2cc(NC(=O)CC3(CN)CCCCC3)cn2)CC(C)O1. The molecule has 1 aromatic rings. The molecule has 8 heteroatoms. The zero-order valence-corrected chi connectivity index (χ0v) is 17.0. The number of amides is 2. The lowest BCUT2D eigenvalue weighted by Gasteiger charge is -2.35. The molecule has 1 aliphatic heterocycles. The lowest BCUT2D eigenvalue weighted by atomic mass is 9.71. The Kier molecular flexibility index (Phi) is 6.72. The zero-order chi connectivity index (χ0) is 20.1. The van der Waals surface area contributed by atoms with Gasteiger partial charge in [-0.3, -0.25) is 14.3 Å². The summed E-state index contributed by atoms with van der Waals surface area (Å²) < 4.78 is 7.24. The van der Waals surface area contributed by atoms with Gasteiger partial charge in [0.1, 0.15) is 6.54 Å². The van der Waals surface area contributed by atoms with E-state index in [0.29, 0.717) is 31.7 Å². The summed E-state index contributed by atoms with van der Waals surface area (Å²) >= 11 is 0. The predicted octanol–water partition coefficient (Wildman–Crippen LogP) is 1.76. The van der Waals surface area contributed by atoms with Gasteiger partial charge in [-0.25, -0.2) is 0 Å². The normalized spacial score (nSPS) is 24.8. The summed E-state index contributed by atoms with van der Waals surface area (Å²) in [5, 5.41) is 7.14. The highest BCUT2D eigenvalue weighted by atomic mass is 16.5. The summed E-state index contributed by atoms with van der Waals surface area (Å²) in [5.41, 5.74) is 6.53. The Labute approximate surface area is 166 Å². The molecule has 2 heterocycles. The minimum absolute atomic E-state index is 0.00673. The van der Waals surface area contributed by atoms with Crippen LogP contribution in [0.3, 0.4) is 0 Å². The average Bonchev–Trinajstić information content (AvgIpc) is 3.08. The van der Waals surface area contributed by atoms with Crippen molar-refractivity contribution >= 4 is 17.5 Å². The minimum atomic E-state index is -0.0714. The summed E-state index contributed by atoms with van der Waals surface area (Å²) in [6.07, 6.45) is 9.35. The van der Waals surface area contributed by atoms with Crippen LogP contribution in [0.4, 0.5) is 5.69 Å². The van der Waals surface area contributed by atoms with Crippen LogP contribution in [0.5, 0.6) is 0 Å². The van der Waals surface area contributed by atoms with Gasteiger partial charge < -0.3 is 20.7 Å². The maximum Gasteiger partial charge on any atom is 0.244 e. The summed E-state index contributed by atoms with van der Waals surface area (Å²) in [6.45, 7) is 5.83. The quantitative estimate of drug-likeness (QED) is 0.769. The fourth-order valence-electron chi connectivity index (χ4n) is 4.44. The Morgan fingerprint density at radius 3 is 2.57 bits per heavy atom. The molecular formula is C20H33N5O3. The van der Waals surface area contributed by atoms with Crippen LogP contribution in [0, 0.1) is 5.41 Å². The van der Waals surface area contributed by atoms with Crippen molar-refractivity contribution in [1.29, 1.82) is 0 Å². The van der Waals surface area contributed by atoms with Crippen LogP contribution in [0.2, 0.25) is 0 Å². The molecular weight excluding hydrogens is 358 g/mol. The van der Waals surface area contributed by atoms with Gasteiger partial charge in [0.25, 0.3) is 0 Å². The molecule has 28 heavy (non-hydrogen) atoms. The highest BCUT2D eigenvalue weighted by Crippen LogP contribution is 2.38. The Morgan fingerprint density at radius 2 is 1.93 bits per heavy atom. The third kappa shape index (κ3) is 5.32. The standard InChI is InChI=1S/C20H33N5O3/c1-15-10-24(11-16(2)28-15)19(27)13-25-12-17(9-22-25)23-18(26)8-20(14-21)6-4-3-5-7-20/h9,12,15-16H,3-8,10-11,13-14,21H2,1-2H3,(H,23,26). The molecule has 0 bridgehead atoms. The molecule has 2 aliphatic rings. The fraction of sp³-hybridized carbons (Fsp3) is 0.750. The molecule has 2 amide bonds. The van der Waals surface area contributed by atoms with Crippen molar-refractivity contribution in [3.8, 4) is 0 Å². The second-order valence-electron chi connectivity index (χ2n) is 8.47. The van der Waals surface area contributed by atoms with Crippen LogP contribution in [-0.4, -0.2) is 58.3 Å². The third-order valence-electron chi connectivity index (χ3n) is 5.87. The Morgan fingerprint density at radius 1 is 1.25 bits per heavy atom. The molecule has 0 spiro atoms. The van der Waals surface area contributed by atoms with Gasteiger partial charge in [0.15, 0.2) is 0 Å². The number of carbonyl (C=O) groups excluding carboxylic acids is 2. The number of nitrogens with two attached hydrogens (primary N) is 1. The number of nitrogens with one attached hydrogen (secondary N) is 1. The van der Waals surface area contributed by atoms with Crippen LogP contribution >= 0.6 is 0 Å². The van der Waals surface area contributed by atoms with Gasteiger partial charge in [-0.05, 0) is 38.6 Å². The van der Waals surface area contributed by atoms with Crippen molar-refractivity contribution in [2.24, 2.45) is 11.1 Å². The Bertz CT molecular complexity index is 673. The minimum Gasteiger partial charge on any atom is -0.372 e. The Hall–Kier alpha value is -1.93. The largest absolute Gasteiger partial charge is 0.372 e. The summed E-state index contributed by atoms with van der Waals surface area (Å²) in [4.78, 5) is 26.9. The molecule has 1 saturated heterocycles. The van der Waals surface area contributed by atoms with Crippen molar-refractivity contribution in [3.05, 3.63) is 12.4 Å². The number of aromatic nitrogens is 2. The number of carbonyl (C=O) groups is 2. The van der Waals surface area contributed by atoms with Crippen LogP contribution in [0.15, 0.2) is 12.4 Å². The molecule has 2 fully saturated rings. The number of rotatable bonds is 6. The van der Waals surface area contributed by atoms with E-state index in [0.717, 1.165) is 25.7 Å². The molecule has 0 aromatic carbocycles. The molecule has 8 nitrogen and oxygen atoms in total. The number of hydrogen-bond acceptors (Lipinski definition) is 5. The average molecular weight is 392 g/mol. The number of hydrogen-bond donors (Lipinski definition) is 2. The van der Waals surface area contributed by atoms with E-state index in [1.54, 1.807) is 17.1 Å². The van der Waals surface area contributed by atoms with Crippen LogP contribution in [0.1, 0.15) is 52.4 Å². The van der Waals surface area contributed by atoms with E-state index in [9.17, 15) is 9.59 Å². The molecule has 3 rings (SSSR count). The topological polar surface area (TPSA) is 102 Å². The molecule has 2 unspecified atom stereocenters. The monoisotopic (exact) mass is 391 g/mol. The Balaban J connectivity index is 1.52. The van der Waals surface area contributed by atoms with Gasteiger partial charge in [0, 0.05) is 25.7 Å². The number of nitrogens with zero attached hydrogens (tertiary/aromatic N) is 3. The van der Waals surface area contributed by atoms with Gasteiger partial charge in [0.2, 0.25) is 11.8 Å². The van der Waals surface area contributed by atoms with Crippen LogP contribution in [-0.2, 0) is 20.9 Å². The van der Waals surface area contributed by atoms with Crippen molar-refractivity contribution in [1.82, 2.24) is 14.7 Å². The lowest BCUT2D eigenvalue weighted by Crippen LogP contribution is -2.49. The number of morpholine rings is 1. The molecule has 3 N–H and O–H groups in total. The van der Waals surface area contributed by atoms with Gasteiger partial charge >= 0.3 is 0 Å². The molecule has 1 saturated carbocycles. The number of ether oxygens (including phenoxy) is 1. The van der Waals surface area contributed by atoms with Gasteiger partial charge in [-0.1, -0.05) is 19.3 Å². The van der Waals surface area contributed by atoms with E-state index in [1.807, 2.05) is 18.7 Å². The van der Waals surface area contributed by atoms with E-state index in [2.05, 4.69) is 10.4 Å². The molecule has 2 atom stereocenters. The predicted molar refractivity (Wildman–Crippen MR) is 107 cm³/mol. The van der Waals surface area contributed by atoms with E-state index in [4.69, 9.17) is 10.5 Å².